The topological polar surface area (TPSA) is 103 Å². The lowest BCUT2D eigenvalue weighted by Crippen LogP contribution is -2.60. The molecule has 0 bridgehead atoms. The van der Waals surface area contributed by atoms with Crippen LogP contribution in [0.1, 0.15) is 10.4 Å². The van der Waals surface area contributed by atoms with E-state index < -0.39 is 12.0 Å². The van der Waals surface area contributed by atoms with Crippen LogP contribution in [0.15, 0.2) is 18.2 Å². The van der Waals surface area contributed by atoms with E-state index in [0.29, 0.717) is 18.7 Å². The number of nitrogens with zero attached hydrogens (tertiary/aromatic N) is 2. The Hall–Kier alpha value is -1.97. The Labute approximate surface area is 140 Å². The highest BCUT2D eigenvalue weighted by Gasteiger charge is 2.34. The van der Waals surface area contributed by atoms with Crippen molar-refractivity contribution in [3.05, 3.63) is 27.5 Å². The number of nitrogens with two attached hydrogens (primary N) is 1. The van der Waals surface area contributed by atoms with Crippen LogP contribution in [0.3, 0.4) is 0 Å². The smallest absolute Gasteiger partial charge is 0.407 e. The Kier molecular flexibility index (Phi) is 3.63. The molecule has 1 aliphatic rings. The Morgan fingerprint density at radius 2 is 2.14 bits per heavy atom. The molecule has 1 aliphatic heterocycles. The normalized spacial score (nSPS) is 14.9. The average molecular weight is 414 g/mol. The predicted octanol–water partition coefficient (Wildman–Crippen LogP) is 1.67. The van der Waals surface area contributed by atoms with Crippen LogP contribution in [-0.4, -0.2) is 53.2 Å². The van der Waals surface area contributed by atoms with Crippen molar-refractivity contribution in [1.82, 2.24) is 9.88 Å². The number of carboxylic acid groups (broad SMARTS) is 1. The summed E-state index contributed by atoms with van der Waals surface area (Å²) in [6, 6.07) is 5.65. The van der Waals surface area contributed by atoms with Gasteiger partial charge in [0.25, 0.3) is 5.91 Å². The molecular formula is C14H15IN4O3. The first-order chi connectivity index (χ1) is 10.4. The van der Waals surface area contributed by atoms with Crippen molar-refractivity contribution in [2.45, 2.75) is 6.04 Å². The molecule has 116 valence electrons. The van der Waals surface area contributed by atoms with E-state index in [2.05, 4.69) is 32.5 Å². The molecule has 0 aliphatic carbocycles. The fraction of sp³-hybridized carbons (Fsp3) is 0.286. The van der Waals surface area contributed by atoms with Crippen LogP contribution in [0.2, 0.25) is 0 Å². The highest BCUT2D eigenvalue weighted by atomic mass is 127. The van der Waals surface area contributed by atoms with Crippen LogP contribution in [0.4, 0.5) is 10.5 Å². The van der Waals surface area contributed by atoms with E-state index in [0.717, 1.165) is 20.3 Å². The highest BCUT2D eigenvalue weighted by Crippen LogP contribution is 2.32. The summed E-state index contributed by atoms with van der Waals surface area (Å²) >= 11 is 2.15. The Morgan fingerprint density at radius 3 is 2.73 bits per heavy atom. The van der Waals surface area contributed by atoms with Crippen LogP contribution in [-0.2, 0) is 0 Å². The van der Waals surface area contributed by atoms with Gasteiger partial charge in [0.05, 0.1) is 20.8 Å². The quantitative estimate of drug-likeness (QED) is 0.665. The van der Waals surface area contributed by atoms with Gasteiger partial charge in [-0.3, -0.25) is 4.79 Å². The van der Waals surface area contributed by atoms with Crippen molar-refractivity contribution in [2.75, 3.05) is 25.0 Å². The van der Waals surface area contributed by atoms with E-state index >= 15 is 0 Å². The van der Waals surface area contributed by atoms with Crippen LogP contribution in [0.5, 0.6) is 0 Å². The number of aromatic amines is 1. The highest BCUT2D eigenvalue weighted by molar-refractivity contribution is 14.1. The zero-order valence-corrected chi connectivity index (χ0v) is 14.0. The summed E-state index contributed by atoms with van der Waals surface area (Å²) in [5.74, 6) is -0.474. The monoisotopic (exact) mass is 414 g/mol. The zero-order chi connectivity index (χ0) is 16.0. The first-order valence-corrected chi connectivity index (χ1v) is 7.78. The van der Waals surface area contributed by atoms with E-state index in [1.54, 1.807) is 6.07 Å². The van der Waals surface area contributed by atoms with Crippen molar-refractivity contribution < 1.29 is 14.7 Å². The number of likely N-dealkylation sites (N-methyl/N-ethyl adjacent to an activating group) is 1. The molecule has 0 radical (unpaired) electrons. The summed E-state index contributed by atoms with van der Waals surface area (Å²) in [5, 5.41) is 9.84. The van der Waals surface area contributed by atoms with E-state index in [1.807, 2.05) is 19.2 Å². The minimum atomic E-state index is -0.893. The third-order valence-electron chi connectivity index (χ3n) is 4.06. The molecule has 0 spiro atoms. The van der Waals surface area contributed by atoms with Gasteiger partial charge in [0.2, 0.25) is 0 Å². The van der Waals surface area contributed by atoms with Gasteiger partial charge in [0, 0.05) is 31.2 Å². The second-order valence-corrected chi connectivity index (χ2v) is 6.52. The van der Waals surface area contributed by atoms with Crippen molar-refractivity contribution in [3.8, 4) is 0 Å². The number of halogens is 1. The van der Waals surface area contributed by atoms with Gasteiger partial charge in [-0.25, -0.2) is 4.79 Å². The summed E-state index contributed by atoms with van der Waals surface area (Å²) in [4.78, 5) is 29.0. The fourth-order valence-corrected chi connectivity index (χ4v) is 3.32. The largest absolute Gasteiger partial charge is 0.465 e. The van der Waals surface area contributed by atoms with Crippen molar-refractivity contribution in [2.24, 2.45) is 5.73 Å². The Bertz CT molecular complexity index is 767. The second-order valence-electron chi connectivity index (χ2n) is 5.35. The minimum Gasteiger partial charge on any atom is -0.465 e. The lowest BCUT2D eigenvalue weighted by atomic mass is 10.0. The van der Waals surface area contributed by atoms with Crippen LogP contribution < -0.4 is 10.6 Å². The van der Waals surface area contributed by atoms with Gasteiger partial charge in [-0.1, -0.05) is 0 Å². The third kappa shape index (κ3) is 2.36. The van der Waals surface area contributed by atoms with Gasteiger partial charge >= 0.3 is 6.09 Å². The molecule has 1 aromatic carbocycles. The number of amides is 2. The molecule has 3 rings (SSSR count). The van der Waals surface area contributed by atoms with Crippen molar-refractivity contribution >= 4 is 51.2 Å². The number of likely N-dealkylation sites (tertiary alicyclic amines) is 1. The van der Waals surface area contributed by atoms with Gasteiger partial charge in [-0.15, -0.1) is 0 Å². The summed E-state index contributed by atoms with van der Waals surface area (Å²) in [5.41, 5.74) is 7.54. The van der Waals surface area contributed by atoms with E-state index in [4.69, 9.17) is 10.8 Å². The number of benzene rings is 1. The van der Waals surface area contributed by atoms with Crippen LogP contribution in [0, 0.1) is 3.70 Å². The molecule has 1 aromatic heterocycles. The minimum absolute atomic E-state index is 0.131. The molecule has 22 heavy (non-hydrogen) atoms. The van der Waals surface area contributed by atoms with Gasteiger partial charge < -0.3 is 25.6 Å². The van der Waals surface area contributed by atoms with Crippen LogP contribution in [0.25, 0.3) is 10.9 Å². The second kappa shape index (κ2) is 5.34. The molecule has 1 fully saturated rings. The number of nitrogens with one attached hydrogen (secondary N) is 1. The first-order valence-electron chi connectivity index (χ1n) is 6.70. The summed E-state index contributed by atoms with van der Waals surface area (Å²) in [6.07, 6.45) is -0.893. The fourth-order valence-electron chi connectivity index (χ4n) is 2.74. The van der Waals surface area contributed by atoms with Gasteiger partial charge in [-0.2, -0.15) is 0 Å². The molecular weight excluding hydrogens is 399 g/mol. The number of fused-ring (bicyclic) bond motifs is 1. The number of hydrogen-bond donors (Lipinski definition) is 3. The number of hydrogen-bond acceptors (Lipinski definition) is 3. The van der Waals surface area contributed by atoms with E-state index in [9.17, 15) is 9.59 Å². The lowest BCUT2D eigenvalue weighted by Gasteiger charge is -2.43. The number of H-pyrrole nitrogens is 1. The molecule has 4 N–H and O–H groups in total. The van der Waals surface area contributed by atoms with Crippen molar-refractivity contribution in [3.63, 3.8) is 0 Å². The molecule has 2 aromatic rings. The van der Waals surface area contributed by atoms with E-state index in [-0.39, 0.29) is 6.04 Å². The maximum absolute atomic E-state index is 11.5. The first kappa shape index (κ1) is 14.9. The third-order valence-corrected chi connectivity index (χ3v) is 4.65. The summed E-state index contributed by atoms with van der Waals surface area (Å²) in [7, 11) is 1.93. The summed E-state index contributed by atoms with van der Waals surface area (Å²) < 4.78 is 0.914. The molecule has 0 unspecified atom stereocenters. The Balaban J connectivity index is 1.96. The number of carbonyl (C=O) groups is 2. The molecule has 2 heterocycles. The molecule has 7 nitrogen and oxygen atoms in total. The van der Waals surface area contributed by atoms with Crippen LogP contribution >= 0.6 is 22.6 Å². The number of primary amides is 1. The molecule has 2 amide bonds. The molecule has 0 atom stereocenters. The summed E-state index contributed by atoms with van der Waals surface area (Å²) in [6.45, 7) is 0.957. The number of aromatic nitrogens is 1. The lowest BCUT2D eigenvalue weighted by molar-refractivity contribution is 0.1000. The number of carbonyl (C=O) groups excluding carboxylic acids is 1. The van der Waals surface area contributed by atoms with Crippen molar-refractivity contribution in [1.29, 1.82) is 0 Å². The molecule has 1 saturated heterocycles. The van der Waals surface area contributed by atoms with Gasteiger partial charge in [-0.05, 0) is 40.8 Å². The zero-order valence-electron chi connectivity index (χ0n) is 11.8. The standard InChI is InChI=1S/C14H15IN4O3/c1-18(7-5-19(6-7)14(21)22)10-3-2-8(13(16)20)12-9(10)4-11(15)17-12/h2-4,7,17H,5-6H2,1H3,(H2,16,20)(H,21,22). The van der Waals surface area contributed by atoms with Gasteiger partial charge in [0.15, 0.2) is 0 Å². The molecule has 8 heteroatoms. The maximum atomic E-state index is 11.5. The average Bonchev–Trinajstić information content (AvgIpc) is 2.75. The van der Waals surface area contributed by atoms with E-state index in [1.165, 1.54) is 4.90 Å². The van der Waals surface area contributed by atoms with Gasteiger partial charge in [0.1, 0.15) is 0 Å². The number of rotatable bonds is 3. The maximum Gasteiger partial charge on any atom is 0.407 e. The predicted molar refractivity (Wildman–Crippen MR) is 91.3 cm³/mol. The molecule has 0 saturated carbocycles. The SMILES string of the molecule is CN(c1ccc(C(N)=O)c2[nH]c(I)cc12)C1CN(C(=O)O)C1. The number of anilines is 1. The Morgan fingerprint density at radius 1 is 1.45 bits per heavy atom.